The van der Waals surface area contributed by atoms with Gasteiger partial charge in [-0.3, -0.25) is 14.4 Å². The summed E-state index contributed by atoms with van der Waals surface area (Å²) < 4.78 is 0. The summed E-state index contributed by atoms with van der Waals surface area (Å²) in [4.78, 5) is 47.0. The lowest BCUT2D eigenvalue weighted by Crippen LogP contribution is -2.51. The minimum Gasteiger partial charge on any atom is -0.481 e. The van der Waals surface area contributed by atoms with Crippen molar-refractivity contribution in [3.8, 4) is 0 Å². The second-order valence-corrected chi connectivity index (χ2v) is 7.41. The largest absolute Gasteiger partial charge is 0.481 e. The van der Waals surface area contributed by atoms with E-state index in [0.717, 1.165) is 16.3 Å². The predicted octanol–water partition coefficient (Wildman–Crippen LogP) is 2.07. The van der Waals surface area contributed by atoms with E-state index >= 15 is 0 Å². The molecule has 0 fully saturated rings. The maximum Gasteiger partial charge on any atom is 0.305 e. The average molecular weight is 398 g/mol. The molecule has 154 valence electrons. The number of rotatable bonds is 10. The minimum atomic E-state index is -1.19. The molecule has 7 heteroatoms. The Morgan fingerprint density at radius 2 is 1.72 bits per heavy atom. The zero-order valence-electron chi connectivity index (χ0n) is 16.6. The fraction of sp³-hybridized carbons (Fsp3) is 0.364. The van der Waals surface area contributed by atoms with Gasteiger partial charge in [0.1, 0.15) is 12.3 Å². The van der Waals surface area contributed by atoms with Gasteiger partial charge in [-0.25, -0.2) is 0 Å². The topological polar surface area (TPSA) is 113 Å². The zero-order chi connectivity index (χ0) is 21.4. The van der Waals surface area contributed by atoms with Crippen LogP contribution in [0.3, 0.4) is 0 Å². The Kier molecular flexibility index (Phi) is 7.88. The number of aliphatic carboxylic acids is 1. The first-order chi connectivity index (χ1) is 13.8. The summed E-state index contributed by atoms with van der Waals surface area (Å²) in [7, 11) is 0. The highest BCUT2D eigenvalue weighted by Gasteiger charge is 2.25. The molecule has 2 amide bonds. The maximum atomic E-state index is 12.6. The number of fused-ring (bicyclic) bond motifs is 1. The number of benzene rings is 2. The van der Waals surface area contributed by atoms with Crippen LogP contribution in [0.2, 0.25) is 0 Å². The van der Waals surface area contributed by atoms with Gasteiger partial charge in [0, 0.05) is 0 Å². The minimum absolute atomic E-state index is 0.107. The van der Waals surface area contributed by atoms with Crippen molar-refractivity contribution in [1.82, 2.24) is 10.6 Å². The number of carbonyl (C=O) groups is 4. The number of hydrogen-bond acceptors (Lipinski definition) is 4. The SMILES string of the molecule is CC(C)C[C@H](NC(=O)Cc1cccc2ccccc12)C(=O)N[C@H](C=O)CC(=O)O. The summed E-state index contributed by atoms with van der Waals surface area (Å²) >= 11 is 0. The van der Waals surface area contributed by atoms with Crippen molar-refractivity contribution in [3.05, 3.63) is 48.0 Å². The number of nitrogens with one attached hydrogen (secondary N) is 2. The molecule has 2 aromatic carbocycles. The molecule has 0 bridgehead atoms. The molecule has 0 spiro atoms. The van der Waals surface area contributed by atoms with E-state index in [1.165, 1.54) is 0 Å². The molecule has 0 heterocycles. The van der Waals surface area contributed by atoms with E-state index in [4.69, 9.17) is 5.11 Å². The fourth-order valence-corrected chi connectivity index (χ4v) is 3.17. The molecular formula is C22H26N2O5. The number of carboxylic acid groups (broad SMARTS) is 1. The Bertz CT molecular complexity index is 888. The highest BCUT2D eigenvalue weighted by atomic mass is 16.4. The lowest BCUT2D eigenvalue weighted by atomic mass is 10.00. The summed E-state index contributed by atoms with van der Waals surface area (Å²) in [6.45, 7) is 3.82. The van der Waals surface area contributed by atoms with Crippen molar-refractivity contribution in [1.29, 1.82) is 0 Å². The van der Waals surface area contributed by atoms with Gasteiger partial charge in [0.2, 0.25) is 11.8 Å². The van der Waals surface area contributed by atoms with Crippen LogP contribution < -0.4 is 10.6 Å². The van der Waals surface area contributed by atoms with E-state index in [1.807, 2.05) is 56.3 Å². The smallest absolute Gasteiger partial charge is 0.305 e. The summed E-state index contributed by atoms with van der Waals surface area (Å²) in [6, 6.07) is 11.5. The molecule has 2 rings (SSSR count). The Morgan fingerprint density at radius 1 is 1.03 bits per heavy atom. The number of carboxylic acids is 1. The average Bonchev–Trinajstić information content (AvgIpc) is 2.66. The molecule has 0 saturated heterocycles. The zero-order valence-corrected chi connectivity index (χ0v) is 16.6. The fourth-order valence-electron chi connectivity index (χ4n) is 3.17. The molecule has 0 saturated carbocycles. The van der Waals surface area contributed by atoms with Crippen molar-refractivity contribution in [2.45, 2.75) is 45.2 Å². The van der Waals surface area contributed by atoms with Crippen LogP contribution in [0.4, 0.5) is 0 Å². The maximum absolute atomic E-state index is 12.6. The molecule has 0 aliphatic rings. The molecule has 29 heavy (non-hydrogen) atoms. The third-order valence-electron chi connectivity index (χ3n) is 4.48. The first-order valence-corrected chi connectivity index (χ1v) is 9.53. The second-order valence-electron chi connectivity index (χ2n) is 7.41. The van der Waals surface area contributed by atoms with Crippen molar-refractivity contribution in [2.24, 2.45) is 5.92 Å². The van der Waals surface area contributed by atoms with Crippen LogP contribution in [-0.2, 0) is 25.6 Å². The van der Waals surface area contributed by atoms with E-state index in [-0.39, 0.29) is 18.2 Å². The van der Waals surface area contributed by atoms with Gasteiger partial charge in [-0.05, 0) is 28.7 Å². The summed E-state index contributed by atoms with van der Waals surface area (Å²) in [5.41, 5.74) is 0.848. The summed E-state index contributed by atoms with van der Waals surface area (Å²) in [5, 5.41) is 16.0. The van der Waals surface area contributed by atoms with E-state index in [1.54, 1.807) is 0 Å². The first-order valence-electron chi connectivity index (χ1n) is 9.53. The Hall–Kier alpha value is -3.22. The standard InChI is InChI=1S/C22H26N2O5/c1-14(2)10-19(22(29)23-17(13-25)12-21(27)28)24-20(26)11-16-8-5-7-15-6-3-4-9-18(15)16/h3-9,13-14,17,19H,10-12H2,1-2H3,(H,23,29)(H,24,26)(H,27,28)/t17-,19-/m0/s1. The number of hydrogen-bond donors (Lipinski definition) is 3. The van der Waals surface area contributed by atoms with E-state index in [0.29, 0.717) is 12.7 Å². The molecule has 0 aliphatic heterocycles. The van der Waals surface area contributed by atoms with Crippen molar-refractivity contribution in [2.75, 3.05) is 0 Å². The summed E-state index contributed by atoms with van der Waals surface area (Å²) in [6.07, 6.45) is 0.352. The van der Waals surface area contributed by atoms with Crippen molar-refractivity contribution < 1.29 is 24.3 Å². The van der Waals surface area contributed by atoms with Gasteiger partial charge in [-0.2, -0.15) is 0 Å². The Balaban J connectivity index is 2.10. The van der Waals surface area contributed by atoms with Crippen molar-refractivity contribution >= 4 is 34.8 Å². The van der Waals surface area contributed by atoms with Gasteiger partial charge < -0.3 is 20.5 Å². The molecule has 7 nitrogen and oxygen atoms in total. The van der Waals surface area contributed by atoms with Gasteiger partial charge in [0.05, 0.1) is 18.9 Å². The third kappa shape index (κ3) is 6.71. The van der Waals surface area contributed by atoms with E-state index in [2.05, 4.69) is 10.6 Å². The third-order valence-corrected chi connectivity index (χ3v) is 4.48. The van der Waals surface area contributed by atoms with Crippen LogP contribution in [-0.4, -0.2) is 41.3 Å². The second kappa shape index (κ2) is 10.4. The summed E-state index contributed by atoms with van der Waals surface area (Å²) in [5.74, 6) is -1.97. The molecule has 0 unspecified atom stereocenters. The van der Waals surface area contributed by atoms with Crippen LogP contribution in [0, 0.1) is 5.92 Å². The van der Waals surface area contributed by atoms with Crippen LogP contribution in [0.25, 0.3) is 10.8 Å². The van der Waals surface area contributed by atoms with E-state index in [9.17, 15) is 19.2 Å². The van der Waals surface area contributed by atoms with Gasteiger partial charge in [-0.1, -0.05) is 56.3 Å². The quantitative estimate of drug-likeness (QED) is 0.531. The lowest BCUT2D eigenvalue weighted by molar-refractivity contribution is -0.139. The monoisotopic (exact) mass is 398 g/mol. The molecule has 0 radical (unpaired) electrons. The van der Waals surface area contributed by atoms with Gasteiger partial charge in [0.25, 0.3) is 0 Å². The van der Waals surface area contributed by atoms with Crippen LogP contribution in [0.1, 0.15) is 32.3 Å². The normalized spacial score (nSPS) is 12.9. The Morgan fingerprint density at radius 3 is 2.38 bits per heavy atom. The number of amides is 2. The molecule has 2 aromatic rings. The Labute approximate surface area is 169 Å². The molecule has 2 atom stereocenters. The van der Waals surface area contributed by atoms with Gasteiger partial charge >= 0.3 is 5.97 Å². The van der Waals surface area contributed by atoms with Crippen molar-refractivity contribution in [3.63, 3.8) is 0 Å². The molecular weight excluding hydrogens is 372 g/mol. The molecule has 3 N–H and O–H groups in total. The number of aldehydes is 1. The number of carbonyl (C=O) groups excluding carboxylic acids is 3. The van der Waals surface area contributed by atoms with E-state index < -0.39 is 30.4 Å². The van der Waals surface area contributed by atoms with Crippen LogP contribution >= 0.6 is 0 Å². The van der Waals surface area contributed by atoms with Gasteiger partial charge in [-0.15, -0.1) is 0 Å². The highest BCUT2D eigenvalue weighted by molar-refractivity contribution is 5.93. The highest BCUT2D eigenvalue weighted by Crippen LogP contribution is 2.19. The lowest BCUT2D eigenvalue weighted by Gasteiger charge is -2.22. The van der Waals surface area contributed by atoms with Crippen LogP contribution in [0.5, 0.6) is 0 Å². The first kappa shape index (κ1) is 22.1. The molecule has 0 aromatic heterocycles. The van der Waals surface area contributed by atoms with Gasteiger partial charge in [0.15, 0.2) is 0 Å². The van der Waals surface area contributed by atoms with Crippen LogP contribution in [0.15, 0.2) is 42.5 Å². The molecule has 0 aliphatic carbocycles. The predicted molar refractivity (Wildman–Crippen MR) is 109 cm³/mol.